The van der Waals surface area contributed by atoms with Gasteiger partial charge < -0.3 is 15.0 Å². The molecule has 2 amide bonds. The van der Waals surface area contributed by atoms with Crippen LogP contribution in [0.4, 0.5) is 16.5 Å². The highest BCUT2D eigenvalue weighted by molar-refractivity contribution is 7.14. The van der Waals surface area contributed by atoms with Crippen molar-refractivity contribution in [2.24, 2.45) is 5.10 Å². The number of aromatic nitrogens is 1. The molecule has 174 valence electrons. The standard InChI is InChI=1S/C25H25N5O3S/c1-17-3-2-4-20(15-17)30-23(31)10-9-21(28-30)24(32)26-19-7-5-18(6-8-19)22-16-34-25(27-22)29-11-13-33-14-12-29/h2-8,15-16H,9-14H2,1H3,(H,26,32). The van der Waals surface area contributed by atoms with Crippen molar-refractivity contribution < 1.29 is 14.3 Å². The highest BCUT2D eigenvalue weighted by Gasteiger charge is 2.26. The zero-order chi connectivity index (χ0) is 23.5. The lowest BCUT2D eigenvalue weighted by Crippen LogP contribution is -2.36. The maximum atomic E-state index is 12.8. The van der Waals surface area contributed by atoms with Gasteiger partial charge in [0.05, 0.1) is 24.6 Å². The molecule has 3 heterocycles. The van der Waals surface area contributed by atoms with Crippen molar-refractivity contribution in [3.05, 3.63) is 59.5 Å². The van der Waals surface area contributed by atoms with Crippen LogP contribution in [0.25, 0.3) is 11.3 Å². The Morgan fingerprint density at radius 3 is 2.65 bits per heavy atom. The molecule has 2 aromatic carbocycles. The molecule has 0 atom stereocenters. The van der Waals surface area contributed by atoms with Gasteiger partial charge in [0.25, 0.3) is 5.91 Å². The fraction of sp³-hybridized carbons (Fsp3) is 0.280. The van der Waals surface area contributed by atoms with Gasteiger partial charge in [0, 0.05) is 42.6 Å². The molecule has 0 radical (unpaired) electrons. The van der Waals surface area contributed by atoms with Crippen LogP contribution in [0.5, 0.6) is 0 Å². The van der Waals surface area contributed by atoms with Gasteiger partial charge in [-0.15, -0.1) is 11.3 Å². The minimum atomic E-state index is -0.304. The van der Waals surface area contributed by atoms with Crippen molar-refractivity contribution in [1.82, 2.24) is 4.98 Å². The second-order valence-corrected chi connectivity index (χ2v) is 9.07. The van der Waals surface area contributed by atoms with E-state index in [-0.39, 0.29) is 18.2 Å². The molecule has 0 spiro atoms. The summed E-state index contributed by atoms with van der Waals surface area (Å²) in [6.45, 7) is 5.12. The first-order valence-electron chi connectivity index (χ1n) is 11.2. The minimum absolute atomic E-state index is 0.119. The molecular weight excluding hydrogens is 450 g/mol. The zero-order valence-corrected chi connectivity index (χ0v) is 19.7. The molecule has 0 aliphatic carbocycles. The van der Waals surface area contributed by atoms with Gasteiger partial charge in [-0.2, -0.15) is 5.10 Å². The van der Waals surface area contributed by atoms with Gasteiger partial charge in [-0.05, 0) is 36.8 Å². The summed E-state index contributed by atoms with van der Waals surface area (Å²) in [4.78, 5) is 32.2. The fourth-order valence-electron chi connectivity index (χ4n) is 3.90. The number of benzene rings is 2. The van der Waals surface area contributed by atoms with Crippen molar-refractivity contribution >= 4 is 45.4 Å². The number of amides is 2. The second kappa shape index (κ2) is 9.74. The van der Waals surface area contributed by atoms with Crippen LogP contribution in [0.1, 0.15) is 18.4 Å². The number of rotatable bonds is 5. The molecule has 1 saturated heterocycles. The van der Waals surface area contributed by atoms with E-state index in [0.29, 0.717) is 23.5 Å². The first-order valence-corrected chi connectivity index (χ1v) is 12.1. The Bertz CT molecular complexity index is 1230. The summed E-state index contributed by atoms with van der Waals surface area (Å²) >= 11 is 1.63. The quantitative estimate of drug-likeness (QED) is 0.601. The van der Waals surface area contributed by atoms with Crippen molar-refractivity contribution in [2.45, 2.75) is 19.8 Å². The van der Waals surface area contributed by atoms with E-state index in [1.54, 1.807) is 11.3 Å². The van der Waals surface area contributed by atoms with E-state index in [9.17, 15) is 9.59 Å². The number of carbonyl (C=O) groups excluding carboxylic acids is 2. The normalized spacial score (nSPS) is 16.4. The number of carbonyl (C=O) groups is 2. The summed E-state index contributed by atoms with van der Waals surface area (Å²) in [6, 6.07) is 15.1. The summed E-state index contributed by atoms with van der Waals surface area (Å²) in [5, 5.41) is 11.6. The number of anilines is 3. The number of hydrogen-bond acceptors (Lipinski definition) is 7. The molecule has 0 unspecified atom stereocenters. The lowest BCUT2D eigenvalue weighted by Gasteiger charge is -2.26. The van der Waals surface area contributed by atoms with Crippen LogP contribution in [0.3, 0.4) is 0 Å². The lowest BCUT2D eigenvalue weighted by atomic mass is 10.1. The molecular formula is C25H25N5O3S. The predicted octanol–water partition coefficient (Wildman–Crippen LogP) is 4.08. The largest absolute Gasteiger partial charge is 0.378 e. The molecule has 5 rings (SSSR count). The van der Waals surface area contributed by atoms with Crippen molar-refractivity contribution in [2.75, 3.05) is 41.5 Å². The van der Waals surface area contributed by atoms with Crippen LogP contribution in [0, 0.1) is 6.92 Å². The number of aryl methyl sites for hydroxylation is 1. The summed E-state index contributed by atoms with van der Waals surface area (Å²) in [6.07, 6.45) is 0.558. The maximum absolute atomic E-state index is 12.8. The summed E-state index contributed by atoms with van der Waals surface area (Å²) in [5.74, 6) is -0.424. The number of morpholine rings is 1. The van der Waals surface area contributed by atoms with Crippen LogP contribution in [0.2, 0.25) is 0 Å². The van der Waals surface area contributed by atoms with Crippen LogP contribution in [-0.2, 0) is 14.3 Å². The highest BCUT2D eigenvalue weighted by Crippen LogP contribution is 2.29. The van der Waals surface area contributed by atoms with E-state index in [4.69, 9.17) is 9.72 Å². The van der Waals surface area contributed by atoms with E-state index in [1.807, 2.05) is 60.8 Å². The third-order valence-electron chi connectivity index (χ3n) is 5.75. The lowest BCUT2D eigenvalue weighted by molar-refractivity contribution is -0.118. The Labute approximate surface area is 201 Å². The van der Waals surface area contributed by atoms with Crippen LogP contribution in [-0.4, -0.2) is 48.8 Å². The van der Waals surface area contributed by atoms with Crippen LogP contribution < -0.4 is 15.2 Å². The molecule has 1 aromatic heterocycles. The average Bonchev–Trinajstić information content (AvgIpc) is 3.36. The minimum Gasteiger partial charge on any atom is -0.378 e. The molecule has 34 heavy (non-hydrogen) atoms. The number of hydrazone groups is 1. The molecule has 1 fully saturated rings. The summed E-state index contributed by atoms with van der Waals surface area (Å²) in [7, 11) is 0. The van der Waals surface area contributed by atoms with Crippen LogP contribution in [0.15, 0.2) is 59.0 Å². The van der Waals surface area contributed by atoms with E-state index < -0.39 is 0 Å². The Hall–Kier alpha value is -3.56. The first-order chi connectivity index (χ1) is 16.6. The van der Waals surface area contributed by atoms with Gasteiger partial charge in [0.1, 0.15) is 5.71 Å². The SMILES string of the molecule is Cc1cccc(N2N=C(C(=O)Nc3ccc(-c4csc(N5CCOCC5)n4)cc3)CCC2=O)c1. The van der Waals surface area contributed by atoms with Gasteiger partial charge >= 0.3 is 0 Å². The first kappa shape index (κ1) is 22.2. The number of thiazole rings is 1. The van der Waals surface area contributed by atoms with Crippen molar-refractivity contribution in [1.29, 1.82) is 0 Å². The Balaban J connectivity index is 1.26. The Morgan fingerprint density at radius 1 is 1.09 bits per heavy atom. The van der Waals surface area contributed by atoms with E-state index in [2.05, 4.69) is 15.3 Å². The zero-order valence-electron chi connectivity index (χ0n) is 18.9. The number of nitrogens with one attached hydrogen (secondary N) is 1. The van der Waals surface area contributed by atoms with Gasteiger partial charge in [-0.25, -0.2) is 9.99 Å². The summed E-state index contributed by atoms with van der Waals surface area (Å²) in [5.41, 5.74) is 4.58. The van der Waals surface area contributed by atoms with E-state index in [0.717, 1.165) is 48.3 Å². The van der Waals surface area contributed by atoms with Gasteiger partial charge in [0.2, 0.25) is 5.91 Å². The third kappa shape index (κ3) is 4.85. The smallest absolute Gasteiger partial charge is 0.271 e. The molecule has 0 bridgehead atoms. The van der Waals surface area contributed by atoms with E-state index in [1.165, 1.54) is 5.01 Å². The van der Waals surface area contributed by atoms with E-state index >= 15 is 0 Å². The van der Waals surface area contributed by atoms with Gasteiger partial charge in [0.15, 0.2) is 5.13 Å². The number of nitrogens with zero attached hydrogens (tertiary/aromatic N) is 4. The number of ether oxygens (including phenoxy) is 1. The molecule has 8 nitrogen and oxygen atoms in total. The van der Waals surface area contributed by atoms with Gasteiger partial charge in [-0.1, -0.05) is 24.3 Å². The monoisotopic (exact) mass is 475 g/mol. The van der Waals surface area contributed by atoms with Gasteiger partial charge in [-0.3, -0.25) is 9.59 Å². The third-order valence-corrected chi connectivity index (χ3v) is 6.65. The number of hydrogen-bond donors (Lipinski definition) is 1. The Kier molecular flexibility index (Phi) is 6.37. The molecule has 2 aliphatic rings. The average molecular weight is 476 g/mol. The maximum Gasteiger partial charge on any atom is 0.271 e. The van der Waals surface area contributed by atoms with Crippen LogP contribution >= 0.6 is 11.3 Å². The molecule has 0 saturated carbocycles. The summed E-state index contributed by atoms with van der Waals surface area (Å²) < 4.78 is 5.41. The molecule has 3 aromatic rings. The fourth-order valence-corrected chi connectivity index (χ4v) is 4.79. The topological polar surface area (TPSA) is 87.1 Å². The molecule has 1 N–H and O–H groups in total. The van der Waals surface area contributed by atoms with Crippen molar-refractivity contribution in [3.63, 3.8) is 0 Å². The van der Waals surface area contributed by atoms with Crippen molar-refractivity contribution in [3.8, 4) is 11.3 Å². The second-order valence-electron chi connectivity index (χ2n) is 8.24. The molecule has 9 heteroatoms. The predicted molar refractivity (Wildman–Crippen MR) is 135 cm³/mol. The highest BCUT2D eigenvalue weighted by atomic mass is 32.1. The molecule has 2 aliphatic heterocycles. The Morgan fingerprint density at radius 2 is 1.88 bits per heavy atom.